The van der Waals surface area contributed by atoms with Crippen molar-refractivity contribution in [3.05, 3.63) is 188 Å². The van der Waals surface area contributed by atoms with Crippen molar-refractivity contribution >= 4 is 53.3 Å². The predicted octanol–water partition coefficient (Wildman–Crippen LogP) is 13.1. The highest BCUT2D eigenvalue weighted by Gasteiger charge is 2.22. The van der Waals surface area contributed by atoms with Crippen LogP contribution in [0.15, 0.2) is 188 Å². The summed E-state index contributed by atoms with van der Waals surface area (Å²) in [4.78, 5) is 20.7. The van der Waals surface area contributed by atoms with Crippen molar-refractivity contribution in [3.8, 4) is 62.2 Å². The summed E-state index contributed by atoms with van der Waals surface area (Å²) >= 11 is 1.82. The molecule has 7 aromatic carbocycles. The van der Waals surface area contributed by atoms with E-state index >= 15 is 0 Å². The molecule has 0 saturated heterocycles. The minimum atomic E-state index is 0.570. The van der Waals surface area contributed by atoms with Crippen molar-refractivity contribution in [2.75, 3.05) is 0 Å². The summed E-state index contributed by atoms with van der Waals surface area (Å²) in [5.41, 5.74) is 10.1. The molecule has 0 radical (unpaired) electrons. The fourth-order valence-corrected chi connectivity index (χ4v) is 9.06. The van der Waals surface area contributed by atoms with Crippen LogP contribution in [0.2, 0.25) is 0 Å². The Labute approximate surface area is 326 Å². The van der Waals surface area contributed by atoms with E-state index in [-0.39, 0.29) is 0 Å². The molecular weight excluding hydrogens is 703 g/mol. The van der Waals surface area contributed by atoms with Gasteiger partial charge in [0, 0.05) is 70.6 Å². The topological polar surface area (TPSA) is 56.5 Å². The Morgan fingerprint density at radius 3 is 1.70 bits per heavy atom. The van der Waals surface area contributed by atoms with Crippen molar-refractivity contribution < 1.29 is 0 Å². The van der Waals surface area contributed by atoms with Crippen molar-refractivity contribution in [1.29, 1.82) is 0 Å². The molecular formula is C50H31N5S. The van der Waals surface area contributed by atoms with Crippen molar-refractivity contribution in [2.45, 2.75) is 0 Å². The van der Waals surface area contributed by atoms with E-state index in [0.29, 0.717) is 17.5 Å². The van der Waals surface area contributed by atoms with Crippen LogP contribution >= 0.6 is 11.3 Å². The summed E-state index contributed by atoms with van der Waals surface area (Å²) in [6.07, 6.45) is 1.98. The van der Waals surface area contributed by atoms with E-state index in [0.717, 1.165) is 44.8 Å². The van der Waals surface area contributed by atoms with Crippen LogP contribution < -0.4 is 0 Å². The summed E-state index contributed by atoms with van der Waals surface area (Å²) in [5, 5.41) is 4.84. The lowest BCUT2D eigenvalue weighted by Gasteiger charge is -2.14. The maximum atomic E-state index is 5.30. The van der Waals surface area contributed by atoms with E-state index in [1.807, 2.05) is 84.3 Å². The van der Waals surface area contributed by atoms with Gasteiger partial charge in [-0.2, -0.15) is 0 Å². The van der Waals surface area contributed by atoms with Crippen molar-refractivity contribution in [3.63, 3.8) is 0 Å². The molecule has 11 rings (SSSR count). The summed E-state index contributed by atoms with van der Waals surface area (Å²) in [7, 11) is 0. The molecule has 0 amide bonds. The third kappa shape index (κ3) is 5.38. The number of aromatic nitrogens is 5. The number of para-hydroxylation sites is 2. The Morgan fingerprint density at radius 1 is 0.393 bits per heavy atom. The molecule has 0 spiro atoms. The molecule has 0 unspecified atom stereocenters. The number of rotatable bonds is 6. The van der Waals surface area contributed by atoms with Gasteiger partial charge >= 0.3 is 0 Å². The van der Waals surface area contributed by atoms with Gasteiger partial charge in [0.05, 0.1) is 16.7 Å². The van der Waals surface area contributed by atoms with Crippen LogP contribution in [0, 0.1) is 0 Å². The van der Waals surface area contributed by atoms with Gasteiger partial charge in [0.1, 0.15) is 0 Å². The molecule has 262 valence electrons. The highest BCUT2D eigenvalue weighted by molar-refractivity contribution is 7.26. The third-order valence-corrected chi connectivity index (χ3v) is 11.6. The molecule has 0 N–H and O–H groups in total. The first-order valence-corrected chi connectivity index (χ1v) is 19.5. The highest BCUT2D eigenvalue weighted by Crippen LogP contribution is 2.45. The first-order chi connectivity index (χ1) is 27.8. The minimum Gasteiger partial charge on any atom is -0.309 e. The van der Waals surface area contributed by atoms with Gasteiger partial charge in [-0.1, -0.05) is 140 Å². The number of hydrogen-bond donors (Lipinski definition) is 0. The zero-order chi connectivity index (χ0) is 37.0. The molecule has 0 fully saturated rings. The largest absolute Gasteiger partial charge is 0.309 e. The lowest BCUT2D eigenvalue weighted by Crippen LogP contribution is -2.02. The standard InChI is InChI=1S/C50H31N5S/c1-5-16-32(17-6-1)35-28-41(50-53-48(33-18-7-2-8-19-33)52-49(54-50)34-20-9-3-10-21-34)47(51-31-35)38-25-15-27-44-46(38)40-29-43-39(30-45(40)56-44)37-24-13-14-26-42(37)55(43)36-22-11-4-12-23-36/h1-31H. The second-order valence-corrected chi connectivity index (χ2v) is 14.9. The summed E-state index contributed by atoms with van der Waals surface area (Å²) in [5.74, 6) is 1.79. The normalized spacial score (nSPS) is 11.6. The number of thiophene rings is 1. The molecule has 0 atom stereocenters. The Hall–Kier alpha value is -7.28. The van der Waals surface area contributed by atoms with Gasteiger partial charge in [-0.25, -0.2) is 15.0 Å². The summed E-state index contributed by atoms with van der Waals surface area (Å²) in [6.45, 7) is 0. The Balaban J connectivity index is 1.20. The van der Waals surface area contributed by atoms with Gasteiger partial charge in [-0.05, 0) is 48.0 Å². The Kier molecular flexibility index (Phi) is 7.60. The van der Waals surface area contributed by atoms with Crippen LogP contribution in [0.25, 0.3) is 104 Å². The molecule has 0 aliphatic carbocycles. The molecule has 5 nitrogen and oxygen atoms in total. The fraction of sp³-hybridized carbons (Fsp3) is 0. The molecule has 0 bridgehead atoms. The van der Waals surface area contributed by atoms with Crippen LogP contribution in [0.3, 0.4) is 0 Å². The van der Waals surface area contributed by atoms with Crippen LogP contribution in [-0.4, -0.2) is 24.5 Å². The van der Waals surface area contributed by atoms with E-state index < -0.39 is 0 Å². The van der Waals surface area contributed by atoms with Gasteiger partial charge in [-0.3, -0.25) is 4.98 Å². The Bertz CT molecular complexity index is 3170. The number of pyridine rings is 1. The van der Waals surface area contributed by atoms with E-state index in [4.69, 9.17) is 19.9 Å². The number of benzene rings is 7. The smallest absolute Gasteiger partial charge is 0.166 e. The number of fused-ring (bicyclic) bond motifs is 6. The van der Waals surface area contributed by atoms with Crippen molar-refractivity contribution in [1.82, 2.24) is 24.5 Å². The lowest BCUT2D eigenvalue weighted by atomic mass is 9.96. The summed E-state index contributed by atoms with van der Waals surface area (Å²) in [6, 6.07) is 63.4. The molecule has 0 aliphatic heterocycles. The van der Waals surface area contributed by atoms with Gasteiger partial charge in [0.2, 0.25) is 0 Å². The van der Waals surface area contributed by atoms with Crippen LogP contribution in [0.5, 0.6) is 0 Å². The second kappa shape index (κ2) is 13.2. The first kappa shape index (κ1) is 32.2. The molecule has 0 aliphatic rings. The van der Waals surface area contributed by atoms with E-state index in [2.05, 4.69) is 120 Å². The average molecular weight is 734 g/mol. The van der Waals surface area contributed by atoms with Gasteiger partial charge in [0.25, 0.3) is 0 Å². The first-order valence-electron chi connectivity index (χ1n) is 18.6. The van der Waals surface area contributed by atoms with Crippen molar-refractivity contribution in [2.24, 2.45) is 0 Å². The third-order valence-electron chi connectivity index (χ3n) is 10.5. The van der Waals surface area contributed by atoms with Gasteiger partial charge in [0.15, 0.2) is 17.5 Å². The summed E-state index contributed by atoms with van der Waals surface area (Å²) < 4.78 is 4.82. The molecule has 56 heavy (non-hydrogen) atoms. The average Bonchev–Trinajstić information content (AvgIpc) is 3.81. The fourth-order valence-electron chi connectivity index (χ4n) is 7.91. The monoisotopic (exact) mass is 733 g/mol. The van der Waals surface area contributed by atoms with Gasteiger partial charge < -0.3 is 4.57 Å². The molecule has 4 heterocycles. The van der Waals surface area contributed by atoms with Crippen LogP contribution in [0.4, 0.5) is 0 Å². The maximum absolute atomic E-state index is 5.30. The number of hydrogen-bond acceptors (Lipinski definition) is 5. The van der Waals surface area contributed by atoms with E-state index in [1.165, 1.54) is 42.0 Å². The molecule has 6 heteroatoms. The zero-order valence-corrected chi connectivity index (χ0v) is 30.9. The quantitative estimate of drug-likeness (QED) is 0.171. The minimum absolute atomic E-state index is 0.570. The van der Waals surface area contributed by atoms with Crippen LogP contribution in [0.1, 0.15) is 0 Å². The van der Waals surface area contributed by atoms with E-state index in [1.54, 1.807) is 0 Å². The highest BCUT2D eigenvalue weighted by atomic mass is 32.1. The SMILES string of the molecule is c1ccc(-c2cnc(-c3cccc4sc5cc6c7ccccc7n(-c7ccccc7)c6cc5c34)c(-c3nc(-c4ccccc4)nc(-c4ccccc4)n3)c2)cc1. The zero-order valence-electron chi connectivity index (χ0n) is 30.0. The maximum Gasteiger partial charge on any atom is 0.166 e. The predicted molar refractivity (Wildman–Crippen MR) is 232 cm³/mol. The number of nitrogens with zero attached hydrogens (tertiary/aromatic N) is 5. The lowest BCUT2D eigenvalue weighted by molar-refractivity contribution is 1.07. The molecule has 0 saturated carbocycles. The second-order valence-electron chi connectivity index (χ2n) is 13.9. The molecule has 4 aromatic heterocycles. The van der Waals surface area contributed by atoms with Gasteiger partial charge in [-0.15, -0.1) is 11.3 Å². The Morgan fingerprint density at radius 2 is 1.00 bits per heavy atom. The van der Waals surface area contributed by atoms with Crippen LogP contribution in [-0.2, 0) is 0 Å². The molecule has 11 aromatic rings. The van der Waals surface area contributed by atoms with E-state index in [9.17, 15) is 0 Å².